The first-order valence-electron chi connectivity index (χ1n) is 10.1. The molecule has 9 heteroatoms. The smallest absolute Gasteiger partial charge is 0.340 e. The predicted molar refractivity (Wildman–Crippen MR) is 125 cm³/mol. The van der Waals surface area contributed by atoms with Gasteiger partial charge in [-0.05, 0) is 36.4 Å². The van der Waals surface area contributed by atoms with Crippen LogP contribution in [0.15, 0.2) is 88.2 Å². The molecule has 1 aliphatic heterocycles. The fourth-order valence-corrected chi connectivity index (χ4v) is 4.89. The van der Waals surface area contributed by atoms with Gasteiger partial charge in [0.2, 0.25) is 0 Å². The molecular formula is C24H21ClN2O5S. The Hall–Kier alpha value is -3.36. The molecule has 4 rings (SSSR count). The molecule has 1 heterocycles. The molecule has 1 aliphatic rings. The number of sulfonamides is 1. The predicted octanol–water partition coefficient (Wildman–Crippen LogP) is 4.03. The third-order valence-electron chi connectivity index (χ3n) is 5.00. The zero-order valence-electron chi connectivity index (χ0n) is 17.7. The van der Waals surface area contributed by atoms with Gasteiger partial charge in [0.15, 0.2) is 11.9 Å². The molecule has 0 amide bonds. The maximum atomic E-state index is 12.8. The van der Waals surface area contributed by atoms with Gasteiger partial charge in [0.1, 0.15) is 17.3 Å². The van der Waals surface area contributed by atoms with Crippen LogP contribution in [0.25, 0.3) is 0 Å². The minimum atomic E-state index is -3.77. The number of esters is 1. The standard InChI is InChI=1S/C24H21ClN2O5S/c1-27(23-20-12-6-8-14-22(20)33(29,30)26-23)15-18(16-31-17-9-3-2-4-10-17)32-24(28)19-11-5-7-13-21(19)25/h2-14,18H,15-16H2,1H3. The molecule has 3 aromatic rings. The monoisotopic (exact) mass is 484 g/mol. The molecule has 0 saturated heterocycles. The van der Waals surface area contributed by atoms with Crippen molar-refractivity contribution in [2.24, 2.45) is 4.40 Å². The van der Waals surface area contributed by atoms with Crippen LogP contribution in [0.5, 0.6) is 5.75 Å². The first-order chi connectivity index (χ1) is 15.8. The molecule has 0 aliphatic carbocycles. The average Bonchev–Trinajstić information content (AvgIpc) is 3.09. The highest BCUT2D eigenvalue weighted by atomic mass is 35.5. The molecule has 0 fully saturated rings. The number of carbonyl (C=O) groups is 1. The molecular weight excluding hydrogens is 464 g/mol. The summed E-state index contributed by atoms with van der Waals surface area (Å²) < 4.78 is 40.3. The van der Waals surface area contributed by atoms with Gasteiger partial charge < -0.3 is 14.4 Å². The van der Waals surface area contributed by atoms with Crippen LogP contribution < -0.4 is 4.74 Å². The van der Waals surface area contributed by atoms with E-state index in [0.29, 0.717) is 11.3 Å². The van der Waals surface area contributed by atoms with E-state index in [1.807, 2.05) is 18.2 Å². The molecule has 1 unspecified atom stereocenters. The summed E-state index contributed by atoms with van der Waals surface area (Å²) in [4.78, 5) is 14.6. The van der Waals surface area contributed by atoms with Crippen molar-refractivity contribution in [2.45, 2.75) is 11.0 Å². The number of para-hydroxylation sites is 1. The number of rotatable bonds is 7. The highest BCUT2D eigenvalue weighted by molar-refractivity contribution is 7.90. The zero-order valence-corrected chi connectivity index (χ0v) is 19.3. The highest BCUT2D eigenvalue weighted by Crippen LogP contribution is 2.27. The van der Waals surface area contributed by atoms with E-state index < -0.39 is 22.1 Å². The third kappa shape index (κ3) is 5.18. The largest absolute Gasteiger partial charge is 0.490 e. The Morgan fingerprint density at radius 1 is 1.00 bits per heavy atom. The van der Waals surface area contributed by atoms with Gasteiger partial charge in [0.25, 0.3) is 10.0 Å². The second-order valence-corrected chi connectivity index (χ2v) is 9.38. The van der Waals surface area contributed by atoms with E-state index in [0.717, 1.165) is 0 Å². The minimum Gasteiger partial charge on any atom is -0.490 e. The van der Waals surface area contributed by atoms with Crippen molar-refractivity contribution < 1.29 is 22.7 Å². The number of halogens is 1. The van der Waals surface area contributed by atoms with Gasteiger partial charge in [-0.3, -0.25) is 0 Å². The Kier molecular flexibility index (Phi) is 6.67. The summed E-state index contributed by atoms with van der Waals surface area (Å²) in [6, 6.07) is 22.3. The maximum absolute atomic E-state index is 12.8. The molecule has 33 heavy (non-hydrogen) atoms. The number of benzene rings is 3. The van der Waals surface area contributed by atoms with Crippen molar-refractivity contribution in [3.05, 3.63) is 95.0 Å². The lowest BCUT2D eigenvalue weighted by Crippen LogP contribution is -2.39. The van der Waals surface area contributed by atoms with Gasteiger partial charge in [-0.25, -0.2) is 4.79 Å². The summed E-state index contributed by atoms with van der Waals surface area (Å²) in [6.07, 6.45) is -0.739. The number of ether oxygens (including phenoxy) is 2. The van der Waals surface area contributed by atoms with E-state index in [-0.39, 0.29) is 34.5 Å². The first kappa shape index (κ1) is 22.8. The average molecular weight is 485 g/mol. The van der Waals surface area contributed by atoms with Crippen LogP contribution >= 0.6 is 11.6 Å². The van der Waals surface area contributed by atoms with Crippen LogP contribution in [0.3, 0.4) is 0 Å². The molecule has 0 bridgehead atoms. The van der Waals surface area contributed by atoms with Crippen molar-refractivity contribution in [2.75, 3.05) is 20.2 Å². The van der Waals surface area contributed by atoms with Crippen molar-refractivity contribution in [3.63, 3.8) is 0 Å². The summed E-state index contributed by atoms with van der Waals surface area (Å²) in [7, 11) is -2.08. The number of amidine groups is 1. The van der Waals surface area contributed by atoms with Crippen LogP contribution in [-0.2, 0) is 14.8 Å². The van der Waals surface area contributed by atoms with Gasteiger partial charge >= 0.3 is 5.97 Å². The number of likely N-dealkylation sites (N-methyl/N-ethyl adjacent to an activating group) is 1. The second kappa shape index (κ2) is 9.64. The molecule has 170 valence electrons. The van der Waals surface area contributed by atoms with Crippen molar-refractivity contribution in [3.8, 4) is 5.75 Å². The highest BCUT2D eigenvalue weighted by Gasteiger charge is 2.32. The molecule has 0 spiro atoms. The Balaban J connectivity index is 1.55. The van der Waals surface area contributed by atoms with Gasteiger partial charge in [-0.15, -0.1) is 4.40 Å². The van der Waals surface area contributed by atoms with Crippen LogP contribution in [-0.4, -0.2) is 51.4 Å². The Morgan fingerprint density at radius 2 is 1.67 bits per heavy atom. The SMILES string of the molecule is CN(CC(COc1ccccc1)OC(=O)c1ccccc1Cl)C1=NS(=O)(=O)c2ccccc21. The van der Waals surface area contributed by atoms with Crippen molar-refractivity contribution >= 4 is 33.4 Å². The van der Waals surface area contributed by atoms with Crippen LogP contribution in [0.2, 0.25) is 5.02 Å². The number of carbonyl (C=O) groups excluding carboxylic acids is 1. The van der Waals surface area contributed by atoms with Crippen LogP contribution in [0.4, 0.5) is 0 Å². The molecule has 7 nitrogen and oxygen atoms in total. The maximum Gasteiger partial charge on any atom is 0.340 e. The second-order valence-electron chi connectivity index (χ2n) is 7.40. The summed E-state index contributed by atoms with van der Waals surface area (Å²) in [6.45, 7) is 0.192. The summed E-state index contributed by atoms with van der Waals surface area (Å²) in [5.41, 5.74) is 0.734. The first-order valence-corrected chi connectivity index (χ1v) is 12.0. The molecule has 0 aromatic heterocycles. The lowest BCUT2D eigenvalue weighted by Gasteiger charge is -2.26. The van der Waals surface area contributed by atoms with Gasteiger partial charge in [-0.2, -0.15) is 8.42 Å². The van der Waals surface area contributed by atoms with E-state index in [1.54, 1.807) is 66.5 Å². The molecule has 0 N–H and O–H groups in total. The normalized spacial score (nSPS) is 14.7. The summed E-state index contributed by atoms with van der Waals surface area (Å²) >= 11 is 6.14. The van der Waals surface area contributed by atoms with Crippen LogP contribution in [0.1, 0.15) is 15.9 Å². The topological polar surface area (TPSA) is 85.3 Å². The number of fused-ring (bicyclic) bond motifs is 1. The van der Waals surface area contributed by atoms with Gasteiger partial charge in [0.05, 0.1) is 17.1 Å². The fourth-order valence-electron chi connectivity index (χ4n) is 3.43. The van der Waals surface area contributed by atoms with Gasteiger partial charge in [-0.1, -0.05) is 54.1 Å². The number of hydrogen-bond donors (Lipinski definition) is 0. The van der Waals surface area contributed by atoms with E-state index >= 15 is 0 Å². The summed E-state index contributed by atoms with van der Waals surface area (Å²) in [5.74, 6) is 0.297. The number of nitrogens with zero attached hydrogens (tertiary/aromatic N) is 2. The Labute approximate surface area is 197 Å². The van der Waals surface area contributed by atoms with E-state index in [2.05, 4.69) is 4.40 Å². The molecule has 3 aromatic carbocycles. The fraction of sp³-hybridized carbons (Fsp3) is 0.167. The van der Waals surface area contributed by atoms with E-state index in [1.165, 1.54) is 6.07 Å². The number of hydrogen-bond acceptors (Lipinski definition) is 6. The van der Waals surface area contributed by atoms with Crippen molar-refractivity contribution in [1.29, 1.82) is 0 Å². The van der Waals surface area contributed by atoms with Gasteiger partial charge in [0, 0.05) is 12.6 Å². The lowest BCUT2D eigenvalue weighted by molar-refractivity contribution is 0.0130. The summed E-state index contributed by atoms with van der Waals surface area (Å²) in [5, 5.41) is 0.277. The lowest BCUT2D eigenvalue weighted by atomic mass is 10.2. The zero-order chi connectivity index (χ0) is 23.4. The minimum absolute atomic E-state index is 0.0478. The van der Waals surface area contributed by atoms with E-state index in [4.69, 9.17) is 21.1 Å². The Morgan fingerprint density at radius 3 is 2.42 bits per heavy atom. The molecule has 0 radical (unpaired) electrons. The van der Waals surface area contributed by atoms with E-state index in [9.17, 15) is 13.2 Å². The third-order valence-corrected chi connectivity index (χ3v) is 6.65. The van der Waals surface area contributed by atoms with Crippen molar-refractivity contribution in [1.82, 2.24) is 4.90 Å². The molecule has 0 saturated carbocycles. The quantitative estimate of drug-likeness (QED) is 0.471. The molecule has 1 atom stereocenters. The Bertz CT molecular complexity index is 1290. The van der Waals surface area contributed by atoms with Crippen LogP contribution in [0, 0.1) is 0 Å².